The van der Waals surface area contributed by atoms with Gasteiger partial charge >= 0.3 is 39.5 Å². The quantitative estimate of drug-likeness (QED) is 0.0222. The highest BCUT2D eigenvalue weighted by Crippen LogP contribution is 2.45. The van der Waals surface area contributed by atoms with Crippen LogP contribution in [0.3, 0.4) is 0 Å². The average Bonchev–Trinajstić information content (AvgIpc) is 3.57. The first kappa shape index (κ1) is 87.1. The first-order valence-corrected chi connectivity index (χ1v) is 39.2. The van der Waals surface area contributed by atoms with E-state index in [4.69, 9.17) is 37.0 Å². The van der Waals surface area contributed by atoms with E-state index in [2.05, 4.69) is 55.4 Å². The van der Waals surface area contributed by atoms with E-state index in [0.717, 1.165) is 114 Å². The fourth-order valence-electron chi connectivity index (χ4n) is 10.5. The molecule has 0 spiro atoms. The van der Waals surface area contributed by atoms with E-state index >= 15 is 0 Å². The summed E-state index contributed by atoms with van der Waals surface area (Å²) in [6, 6.07) is 0. The predicted octanol–water partition coefficient (Wildman–Crippen LogP) is 19.7. The standard InChI is InChI=1S/C70H136O17P2/c1-60(2)46-38-30-22-14-11-9-10-12-16-28-36-44-52-69(74)86-65(56-80-67(72)50-42-34-26-17-13-15-23-31-39-47-61(3)4)58-84-88(76,77)82-54-64(71)55-83-89(78,79)85-59-66(87-70(75)53-45-37-29-21-19-25-33-41-49-63(7)8)57-81-68(73)51-43-35-27-20-18-24-32-40-48-62(5)6/h60-66,71H,9-59H2,1-8H3,(H,76,77)(H,78,79)/t64?,65-,66-/m1/s1. The third-order valence-electron chi connectivity index (χ3n) is 16.1. The van der Waals surface area contributed by atoms with Crippen LogP contribution in [0, 0.1) is 23.7 Å². The van der Waals surface area contributed by atoms with Crippen LogP contribution in [0.25, 0.3) is 0 Å². The molecule has 0 aromatic rings. The van der Waals surface area contributed by atoms with Gasteiger partial charge in [0.15, 0.2) is 12.2 Å². The lowest BCUT2D eigenvalue weighted by molar-refractivity contribution is -0.161. The van der Waals surface area contributed by atoms with Crippen LogP contribution in [-0.4, -0.2) is 96.7 Å². The maximum atomic E-state index is 13.0. The molecule has 89 heavy (non-hydrogen) atoms. The molecule has 0 rings (SSSR count). The van der Waals surface area contributed by atoms with Crippen molar-refractivity contribution in [2.75, 3.05) is 39.6 Å². The van der Waals surface area contributed by atoms with Crippen LogP contribution in [0.5, 0.6) is 0 Å². The Balaban J connectivity index is 5.26. The second kappa shape index (κ2) is 59.8. The number of ether oxygens (including phenoxy) is 4. The number of phosphoric ester groups is 2. The van der Waals surface area contributed by atoms with Gasteiger partial charge < -0.3 is 33.8 Å². The van der Waals surface area contributed by atoms with Crippen LogP contribution in [0.15, 0.2) is 0 Å². The predicted molar refractivity (Wildman–Crippen MR) is 358 cm³/mol. The summed E-state index contributed by atoms with van der Waals surface area (Å²) in [6.45, 7) is 14.1. The van der Waals surface area contributed by atoms with Gasteiger partial charge in [0.2, 0.25) is 0 Å². The molecule has 3 N–H and O–H groups in total. The number of carbonyl (C=O) groups excluding carboxylic acids is 4. The van der Waals surface area contributed by atoms with Crippen LogP contribution in [0.2, 0.25) is 0 Å². The largest absolute Gasteiger partial charge is 0.472 e. The lowest BCUT2D eigenvalue weighted by Crippen LogP contribution is -2.30. The minimum atomic E-state index is -4.95. The molecule has 0 fully saturated rings. The summed E-state index contributed by atoms with van der Waals surface area (Å²) in [5.41, 5.74) is 0. The van der Waals surface area contributed by atoms with E-state index < -0.39 is 97.5 Å². The van der Waals surface area contributed by atoms with E-state index in [0.29, 0.717) is 25.7 Å². The Kier molecular flexibility index (Phi) is 58.5. The molecular formula is C70H136O17P2. The van der Waals surface area contributed by atoms with Crippen molar-refractivity contribution in [3.63, 3.8) is 0 Å². The molecule has 0 bridgehead atoms. The zero-order chi connectivity index (χ0) is 66.1. The Labute approximate surface area is 543 Å². The van der Waals surface area contributed by atoms with Crippen LogP contribution in [0.4, 0.5) is 0 Å². The number of rotatable bonds is 67. The van der Waals surface area contributed by atoms with Gasteiger partial charge in [-0.25, -0.2) is 9.13 Å². The van der Waals surface area contributed by atoms with Gasteiger partial charge in [-0.3, -0.25) is 37.3 Å². The first-order valence-electron chi connectivity index (χ1n) is 36.2. The average molecular weight is 1310 g/mol. The van der Waals surface area contributed by atoms with Gasteiger partial charge in [0, 0.05) is 25.7 Å². The van der Waals surface area contributed by atoms with E-state index in [1.165, 1.54) is 148 Å². The van der Waals surface area contributed by atoms with Gasteiger partial charge in [-0.15, -0.1) is 0 Å². The van der Waals surface area contributed by atoms with Crippen molar-refractivity contribution in [3.8, 4) is 0 Å². The molecule has 0 heterocycles. The van der Waals surface area contributed by atoms with Crippen molar-refractivity contribution >= 4 is 39.5 Å². The Morgan fingerprint density at radius 1 is 0.281 bits per heavy atom. The van der Waals surface area contributed by atoms with Gasteiger partial charge in [-0.05, 0) is 49.4 Å². The van der Waals surface area contributed by atoms with Crippen LogP contribution < -0.4 is 0 Å². The lowest BCUT2D eigenvalue weighted by Gasteiger charge is -2.21. The highest BCUT2D eigenvalue weighted by Gasteiger charge is 2.30. The molecule has 0 aromatic heterocycles. The second-order valence-electron chi connectivity index (χ2n) is 27.2. The number of aliphatic hydroxyl groups excluding tert-OH is 1. The monoisotopic (exact) mass is 1310 g/mol. The van der Waals surface area contributed by atoms with Crippen molar-refractivity contribution in [1.29, 1.82) is 0 Å². The number of unbranched alkanes of at least 4 members (excludes halogenated alkanes) is 33. The SMILES string of the molecule is CC(C)CCCCCCCCCCCCCCC(=O)O[C@H](COC(=O)CCCCCCCCCCCC(C)C)COP(=O)(O)OCC(O)COP(=O)(O)OC[C@@H](COC(=O)CCCCCCCCCCC(C)C)OC(=O)CCCCCCCCCCC(C)C. The fraction of sp³-hybridized carbons (Fsp3) is 0.943. The summed E-state index contributed by atoms with van der Waals surface area (Å²) in [5.74, 6) is 0.834. The molecule has 0 aliphatic carbocycles. The normalized spacial score (nSPS) is 14.3. The van der Waals surface area contributed by atoms with Gasteiger partial charge in [-0.1, -0.05) is 293 Å². The molecule has 528 valence electrons. The zero-order valence-corrected chi connectivity index (χ0v) is 59.8. The van der Waals surface area contributed by atoms with Crippen LogP contribution >= 0.6 is 15.6 Å². The number of esters is 4. The van der Waals surface area contributed by atoms with E-state index in [9.17, 15) is 43.2 Å². The number of aliphatic hydroxyl groups is 1. The molecule has 3 unspecified atom stereocenters. The summed E-state index contributed by atoms with van der Waals surface area (Å²) in [4.78, 5) is 72.5. The van der Waals surface area contributed by atoms with Crippen molar-refractivity contribution in [2.45, 2.75) is 363 Å². The van der Waals surface area contributed by atoms with Gasteiger partial charge in [0.1, 0.15) is 19.3 Å². The summed E-state index contributed by atoms with van der Waals surface area (Å²) < 4.78 is 68.3. The van der Waals surface area contributed by atoms with Crippen molar-refractivity contribution in [1.82, 2.24) is 0 Å². The Morgan fingerprint density at radius 2 is 0.472 bits per heavy atom. The highest BCUT2D eigenvalue weighted by molar-refractivity contribution is 7.47. The molecule has 0 radical (unpaired) electrons. The van der Waals surface area contributed by atoms with Crippen molar-refractivity contribution < 1.29 is 80.2 Å². The van der Waals surface area contributed by atoms with Gasteiger partial charge in [0.05, 0.1) is 26.4 Å². The molecule has 19 heteroatoms. The molecule has 0 aromatic carbocycles. The topological polar surface area (TPSA) is 237 Å². The number of carbonyl (C=O) groups is 4. The highest BCUT2D eigenvalue weighted by atomic mass is 31.2. The van der Waals surface area contributed by atoms with Gasteiger partial charge in [-0.2, -0.15) is 0 Å². The van der Waals surface area contributed by atoms with E-state index in [-0.39, 0.29) is 25.7 Å². The van der Waals surface area contributed by atoms with E-state index in [1.807, 2.05) is 0 Å². The van der Waals surface area contributed by atoms with Crippen LogP contribution in [0.1, 0.15) is 344 Å². The second-order valence-corrected chi connectivity index (χ2v) is 30.1. The first-order chi connectivity index (χ1) is 42.6. The smallest absolute Gasteiger partial charge is 0.462 e. The van der Waals surface area contributed by atoms with E-state index in [1.54, 1.807) is 0 Å². The number of hydrogen-bond donors (Lipinski definition) is 3. The maximum Gasteiger partial charge on any atom is 0.472 e. The Morgan fingerprint density at radius 3 is 0.697 bits per heavy atom. The molecule has 17 nitrogen and oxygen atoms in total. The van der Waals surface area contributed by atoms with Crippen LogP contribution in [-0.2, 0) is 65.4 Å². The number of hydrogen-bond acceptors (Lipinski definition) is 15. The minimum absolute atomic E-state index is 0.103. The minimum Gasteiger partial charge on any atom is -0.462 e. The molecule has 0 saturated heterocycles. The van der Waals surface area contributed by atoms with Crippen molar-refractivity contribution in [2.24, 2.45) is 23.7 Å². The summed E-state index contributed by atoms with van der Waals surface area (Å²) in [5, 5.41) is 10.6. The van der Waals surface area contributed by atoms with Gasteiger partial charge in [0.25, 0.3) is 0 Å². The molecule has 0 aliphatic heterocycles. The summed E-state index contributed by atoms with van der Waals surface area (Å²) >= 11 is 0. The lowest BCUT2D eigenvalue weighted by atomic mass is 10.0. The maximum absolute atomic E-state index is 13.0. The third kappa shape index (κ3) is 64.6. The molecule has 0 amide bonds. The molecular weight excluding hydrogens is 1170 g/mol. The third-order valence-corrected chi connectivity index (χ3v) is 18.0. The fourth-order valence-corrected chi connectivity index (χ4v) is 12.1. The summed E-state index contributed by atoms with van der Waals surface area (Å²) in [7, 11) is -9.90. The molecule has 0 saturated carbocycles. The van der Waals surface area contributed by atoms with Crippen molar-refractivity contribution in [3.05, 3.63) is 0 Å². The number of phosphoric acid groups is 2. The Bertz CT molecular complexity index is 1760. The molecule has 0 aliphatic rings. The Hall–Kier alpha value is -1.94. The zero-order valence-electron chi connectivity index (χ0n) is 58.1. The summed E-state index contributed by atoms with van der Waals surface area (Å²) in [6.07, 6.45) is 41.7. The molecule has 5 atom stereocenters.